The molecule has 1 saturated heterocycles. The summed E-state index contributed by atoms with van der Waals surface area (Å²) in [6.07, 6.45) is 7.60. The molecule has 2 aromatic heterocycles. The zero-order valence-corrected chi connectivity index (χ0v) is 19.3. The number of carbonyl (C=O) groups excluding carboxylic acids is 2. The number of piperidine rings is 1. The van der Waals surface area contributed by atoms with Gasteiger partial charge < -0.3 is 9.80 Å². The summed E-state index contributed by atoms with van der Waals surface area (Å²) >= 11 is 0. The number of carbonyl (C=O) groups is 2. The van der Waals surface area contributed by atoms with Crippen LogP contribution in [0, 0.1) is 5.41 Å². The first-order valence-corrected chi connectivity index (χ1v) is 11.4. The average molecular weight is 443 g/mol. The molecule has 1 aliphatic heterocycles. The second-order valence-electron chi connectivity index (χ2n) is 8.97. The molecule has 1 aliphatic rings. The predicted molar refractivity (Wildman–Crippen MR) is 128 cm³/mol. The summed E-state index contributed by atoms with van der Waals surface area (Å²) in [5.41, 5.74) is 3.59. The van der Waals surface area contributed by atoms with Gasteiger partial charge >= 0.3 is 0 Å². The van der Waals surface area contributed by atoms with E-state index < -0.39 is 5.41 Å². The van der Waals surface area contributed by atoms with Crippen molar-refractivity contribution in [2.45, 2.75) is 25.7 Å². The fourth-order valence-electron chi connectivity index (χ4n) is 4.63. The van der Waals surface area contributed by atoms with Gasteiger partial charge in [0.15, 0.2) is 0 Å². The Labute approximate surface area is 195 Å². The molecule has 6 heteroatoms. The van der Waals surface area contributed by atoms with Gasteiger partial charge in [-0.05, 0) is 54.2 Å². The third kappa shape index (κ3) is 5.28. The number of benzene rings is 1. The Morgan fingerprint density at radius 2 is 1.70 bits per heavy atom. The van der Waals surface area contributed by atoms with E-state index in [-0.39, 0.29) is 11.8 Å². The van der Waals surface area contributed by atoms with E-state index in [1.165, 1.54) is 0 Å². The first-order valence-electron chi connectivity index (χ1n) is 11.4. The van der Waals surface area contributed by atoms with E-state index >= 15 is 0 Å². The summed E-state index contributed by atoms with van der Waals surface area (Å²) in [5, 5.41) is 0. The van der Waals surface area contributed by atoms with Crippen LogP contribution in [0.1, 0.15) is 24.1 Å². The molecule has 0 spiro atoms. The summed E-state index contributed by atoms with van der Waals surface area (Å²) < 4.78 is 0. The van der Waals surface area contributed by atoms with Crippen LogP contribution in [0.4, 0.5) is 0 Å². The second kappa shape index (κ2) is 9.94. The van der Waals surface area contributed by atoms with Crippen molar-refractivity contribution >= 4 is 11.8 Å². The minimum atomic E-state index is -0.499. The lowest BCUT2D eigenvalue weighted by Crippen LogP contribution is -2.51. The van der Waals surface area contributed by atoms with Gasteiger partial charge in [-0.2, -0.15) is 0 Å². The Balaban J connectivity index is 1.46. The topological polar surface area (TPSA) is 66.4 Å². The lowest BCUT2D eigenvalue weighted by Gasteiger charge is -2.42. The summed E-state index contributed by atoms with van der Waals surface area (Å²) in [5.74, 6) is 0.205. The fourth-order valence-corrected chi connectivity index (χ4v) is 4.63. The van der Waals surface area contributed by atoms with Crippen molar-refractivity contribution in [3.63, 3.8) is 0 Å². The number of amides is 2. The van der Waals surface area contributed by atoms with Crippen LogP contribution in [0.15, 0.2) is 73.2 Å². The first kappa shape index (κ1) is 22.6. The number of rotatable bonds is 6. The Hall–Kier alpha value is -3.54. The molecule has 33 heavy (non-hydrogen) atoms. The van der Waals surface area contributed by atoms with Crippen molar-refractivity contribution < 1.29 is 9.59 Å². The first-order chi connectivity index (χ1) is 16.0. The normalized spacial score (nSPS) is 15.2. The van der Waals surface area contributed by atoms with E-state index in [2.05, 4.69) is 34.2 Å². The number of hydrogen-bond acceptors (Lipinski definition) is 4. The molecule has 0 aliphatic carbocycles. The highest BCUT2D eigenvalue weighted by Gasteiger charge is 2.43. The molecule has 0 saturated carbocycles. The Kier molecular flexibility index (Phi) is 6.82. The van der Waals surface area contributed by atoms with Crippen molar-refractivity contribution in [2.75, 3.05) is 27.2 Å². The highest BCUT2D eigenvalue weighted by atomic mass is 16.2. The van der Waals surface area contributed by atoms with Crippen LogP contribution in [0.25, 0.3) is 11.1 Å². The van der Waals surface area contributed by atoms with Crippen LogP contribution in [-0.4, -0.2) is 58.8 Å². The highest BCUT2D eigenvalue weighted by molar-refractivity contribution is 5.84. The van der Waals surface area contributed by atoms with E-state index in [1.807, 2.05) is 55.5 Å². The Bertz CT molecular complexity index is 1070. The molecule has 0 radical (unpaired) electrons. The van der Waals surface area contributed by atoms with Crippen molar-refractivity contribution in [2.24, 2.45) is 5.41 Å². The maximum atomic E-state index is 13.3. The van der Waals surface area contributed by atoms with Crippen molar-refractivity contribution in [3.05, 3.63) is 84.4 Å². The molecular formula is C27H30N4O2. The third-order valence-corrected chi connectivity index (χ3v) is 6.48. The van der Waals surface area contributed by atoms with E-state index in [9.17, 15) is 9.59 Å². The standard InChI is InChI=1S/C27H30N4O2/c1-30(2)26(33)27(19-21-8-10-22(11-9-21)23-6-5-14-28-20-23)12-16-31(17-13-27)25(32)18-24-7-3-4-15-29-24/h3-11,14-15,20H,12-13,16-19H2,1-2H3. The number of pyridine rings is 2. The maximum absolute atomic E-state index is 13.3. The minimum Gasteiger partial charge on any atom is -0.348 e. The minimum absolute atomic E-state index is 0.0698. The van der Waals surface area contributed by atoms with Gasteiger partial charge in [0.1, 0.15) is 0 Å². The molecule has 3 heterocycles. The average Bonchev–Trinajstić information content (AvgIpc) is 2.85. The molecule has 0 N–H and O–H groups in total. The zero-order chi connectivity index (χ0) is 23.3. The van der Waals surface area contributed by atoms with Crippen molar-refractivity contribution in [1.29, 1.82) is 0 Å². The van der Waals surface area contributed by atoms with Gasteiger partial charge in [0, 0.05) is 51.5 Å². The number of likely N-dealkylation sites (tertiary alicyclic amines) is 1. The number of aromatic nitrogens is 2. The van der Waals surface area contributed by atoms with Crippen LogP contribution in [-0.2, 0) is 22.4 Å². The van der Waals surface area contributed by atoms with Crippen LogP contribution in [0.5, 0.6) is 0 Å². The molecule has 0 unspecified atom stereocenters. The predicted octanol–water partition coefficient (Wildman–Crippen LogP) is 3.63. The van der Waals surface area contributed by atoms with Crippen LogP contribution in [0.2, 0.25) is 0 Å². The van der Waals surface area contributed by atoms with Crippen LogP contribution >= 0.6 is 0 Å². The summed E-state index contributed by atoms with van der Waals surface area (Å²) in [7, 11) is 3.63. The zero-order valence-electron chi connectivity index (χ0n) is 19.3. The van der Waals surface area contributed by atoms with Gasteiger partial charge in [0.25, 0.3) is 0 Å². The van der Waals surface area contributed by atoms with E-state index in [0.29, 0.717) is 38.8 Å². The van der Waals surface area contributed by atoms with Gasteiger partial charge in [-0.25, -0.2) is 0 Å². The molecule has 0 bridgehead atoms. The smallest absolute Gasteiger partial charge is 0.228 e. The summed E-state index contributed by atoms with van der Waals surface area (Å²) in [4.78, 5) is 38.1. The van der Waals surface area contributed by atoms with Gasteiger partial charge in [-0.3, -0.25) is 19.6 Å². The van der Waals surface area contributed by atoms with E-state index in [1.54, 1.807) is 17.3 Å². The molecule has 1 aromatic carbocycles. The molecule has 0 atom stereocenters. The lowest BCUT2D eigenvalue weighted by molar-refractivity contribution is -0.146. The Morgan fingerprint density at radius 1 is 0.939 bits per heavy atom. The van der Waals surface area contributed by atoms with Crippen molar-refractivity contribution in [1.82, 2.24) is 19.8 Å². The van der Waals surface area contributed by atoms with Crippen LogP contribution in [0.3, 0.4) is 0 Å². The quantitative estimate of drug-likeness (QED) is 0.585. The molecule has 3 aromatic rings. The van der Waals surface area contributed by atoms with Gasteiger partial charge in [-0.1, -0.05) is 36.4 Å². The summed E-state index contributed by atoms with van der Waals surface area (Å²) in [6.45, 7) is 1.16. The van der Waals surface area contributed by atoms with Gasteiger partial charge in [-0.15, -0.1) is 0 Å². The fraction of sp³-hybridized carbons (Fsp3) is 0.333. The Morgan fingerprint density at radius 3 is 2.30 bits per heavy atom. The van der Waals surface area contributed by atoms with Gasteiger partial charge in [0.05, 0.1) is 11.8 Å². The van der Waals surface area contributed by atoms with Crippen LogP contribution < -0.4 is 0 Å². The molecule has 4 rings (SSSR count). The molecule has 1 fully saturated rings. The third-order valence-electron chi connectivity index (χ3n) is 6.48. The van der Waals surface area contributed by atoms with Gasteiger partial charge in [0.2, 0.25) is 11.8 Å². The van der Waals surface area contributed by atoms with E-state index in [4.69, 9.17) is 0 Å². The highest BCUT2D eigenvalue weighted by Crippen LogP contribution is 2.37. The number of nitrogens with zero attached hydrogens (tertiary/aromatic N) is 4. The molecule has 6 nitrogen and oxygen atoms in total. The van der Waals surface area contributed by atoms with E-state index in [0.717, 1.165) is 22.4 Å². The molecule has 170 valence electrons. The SMILES string of the molecule is CN(C)C(=O)C1(Cc2ccc(-c3cccnc3)cc2)CCN(C(=O)Cc2ccccn2)CC1. The summed E-state index contributed by atoms with van der Waals surface area (Å²) in [6, 6.07) is 18.0. The second-order valence-corrected chi connectivity index (χ2v) is 8.97. The monoisotopic (exact) mass is 442 g/mol. The molecular weight excluding hydrogens is 412 g/mol. The maximum Gasteiger partial charge on any atom is 0.228 e. The lowest BCUT2D eigenvalue weighted by atomic mass is 9.72. The largest absolute Gasteiger partial charge is 0.348 e. The van der Waals surface area contributed by atoms with Crippen molar-refractivity contribution in [3.8, 4) is 11.1 Å². The molecule has 2 amide bonds. The number of hydrogen-bond donors (Lipinski definition) is 0.